The van der Waals surface area contributed by atoms with Crippen molar-refractivity contribution in [2.45, 2.75) is 25.4 Å². The summed E-state index contributed by atoms with van der Waals surface area (Å²) in [7, 11) is 3.88. The van der Waals surface area contributed by atoms with Gasteiger partial charge in [0.25, 0.3) is 5.91 Å². The summed E-state index contributed by atoms with van der Waals surface area (Å²) in [5.41, 5.74) is 0.605. The van der Waals surface area contributed by atoms with E-state index < -0.39 is 17.3 Å². The van der Waals surface area contributed by atoms with E-state index in [9.17, 15) is 9.18 Å². The fraction of sp³-hybridized carbons (Fsp3) is 0.316. The zero-order chi connectivity index (χ0) is 18.8. The number of hydrogen-bond donors (Lipinski definition) is 1. The Morgan fingerprint density at radius 3 is 2.28 bits per heavy atom. The molecule has 0 bridgehead atoms. The molecule has 1 unspecified atom stereocenters. The molecular formula is C19H21Cl2FN2O. The van der Waals surface area contributed by atoms with Crippen LogP contribution in [-0.4, -0.2) is 30.4 Å². The number of likely N-dealkylation sites (N-methyl/N-ethyl adjacent to an activating group) is 1. The maximum absolute atomic E-state index is 13.8. The molecule has 6 heteroatoms. The summed E-state index contributed by atoms with van der Waals surface area (Å²) in [5.74, 6) is -1.14. The smallest absolute Gasteiger partial charge is 0.253 e. The van der Waals surface area contributed by atoms with Crippen molar-refractivity contribution in [2.24, 2.45) is 0 Å². The Hall–Kier alpha value is -1.62. The number of nitrogens with one attached hydrogen (secondary N) is 1. The summed E-state index contributed by atoms with van der Waals surface area (Å²) >= 11 is 11.8. The maximum Gasteiger partial charge on any atom is 0.253 e. The molecule has 2 aromatic rings. The molecule has 2 rings (SSSR count). The Balaban J connectivity index is 2.41. The number of hydrogen-bond acceptors (Lipinski definition) is 2. The van der Waals surface area contributed by atoms with Gasteiger partial charge in [0, 0.05) is 5.54 Å². The first kappa shape index (κ1) is 19.7. The number of carbonyl (C=O) groups excluding carboxylic acids is 1. The predicted octanol–water partition coefficient (Wildman–Crippen LogP) is 4.94. The highest BCUT2D eigenvalue weighted by molar-refractivity contribution is 6.36. The van der Waals surface area contributed by atoms with Crippen molar-refractivity contribution in [1.29, 1.82) is 0 Å². The Labute approximate surface area is 157 Å². The van der Waals surface area contributed by atoms with E-state index in [0.29, 0.717) is 0 Å². The Kier molecular flexibility index (Phi) is 6.09. The third kappa shape index (κ3) is 4.32. The van der Waals surface area contributed by atoms with E-state index in [1.807, 2.05) is 63.2 Å². The standard InChI is InChI=1S/C19H21Cl2FN2O/c1-19(2,24(3)4)17(12-8-6-5-7-9-12)23-18(25)13-10-16(22)15(21)11-14(13)20/h5-11,17H,1-4H3,(H,23,25). The second kappa shape index (κ2) is 7.73. The van der Waals surface area contributed by atoms with E-state index in [1.165, 1.54) is 6.07 Å². The number of amides is 1. The molecule has 0 spiro atoms. The van der Waals surface area contributed by atoms with Crippen molar-refractivity contribution in [1.82, 2.24) is 10.2 Å². The molecule has 1 N–H and O–H groups in total. The Morgan fingerprint density at radius 2 is 1.72 bits per heavy atom. The van der Waals surface area contributed by atoms with Gasteiger partial charge < -0.3 is 10.2 Å². The molecule has 2 aromatic carbocycles. The van der Waals surface area contributed by atoms with Crippen molar-refractivity contribution >= 4 is 29.1 Å². The topological polar surface area (TPSA) is 32.3 Å². The van der Waals surface area contributed by atoms with Gasteiger partial charge in [0.15, 0.2) is 0 Å². The van der Waals surface area contributed by atoms with Gasteiger partial charge in [-0.3, -0.25) is 4.79 Å². The van der Waals surface area contributed by atoms with Gasteiger partial charge in [-0.15, -0.1) is 0 Å². The van der Waals surface area contributed by atoms with Crippen LogP contribution in [-0.2, 0) is 0 Å². The van der Waals surface area contributed by atoms with Gasteiger partial charge >= 0.3 is 0 Å². The molecule has 134 valence electrons. The normalized spacial score (nSPS) is 13.0. The zero-order valence-corrected chi connectivity index (χ0v) is 16.1. The van der Waals surface area contributed by atoms with Gasteiger partial charge in [-0.1, -0.05) is 53.5 Å². The highest BCUT2D eigenvalue weighted by atomic mass is 35.5. The third-order valence-electron chi connectivity index (χ3n) is 4.52. The third-order valence-corrected chi connectivity index (χ3v) is 5.12. The van der Waals surface area contributed by atoms with E-state index in [-0.39, 0.29) is 21.7 Å². The lowest BCUT2D eigenvalue weighted by Gasteiger charge is -2.40. The van der Waals surface area contributed by atoms with Gasteiger partial charge in [-0.25, -0.2) is 4.39 Å². The molecule has 0 radical (unpaired) electrons. The van der Waals surface area contributed by atoms with Gasteiger partial charge in [0.05, 0.1) is 21.7 Å². The van der Waals surface area contributed by atoms with Gasteiger partial charge in [-0.2, -0.15) is 0 Å². The van der Waals surface area contributed by atoms with Crippen LogP contribution in [0.1, 0.15) is 35.8 Å². The molecule has 0 fully saturated rings. The van der Waals surface area contributed by atoms with Crippen molar-refractivity contribution in [3.63, 3.8) is 0 Å². The summed E-state index contributed by atoms with van der Waals surface area (Å²) in [6, 6.07) is 11.6. The van der Waals surface area contributed by atoms with Crippen LogP contribution in [0.3, 0.4) is 0 Å². The summed E-state index contributed by atoms with van der Waals surface area (Å²) in [5, 5.41) is 2.98. The molecule has 1 atom stereocenters. The SMILES string of the molecule is CN(C)C(C)(C)C(NC(=O)c1cc(F)c(Cl)cc1Cl)c1ccccc1. The molecule has 0 aromatic heterocycles. The molecule has 25 heavy (non-hydrogen) atoms. The number of rotatable bonds is 5. The summed E-state index contributed by atoms with van der Waals surface area (Å²) in [6.07, 6.45) is 0. The van der Waals surface area contributed by atoms with E-state index in [2.05, 4.69) is 5.32 Å². The first-order chi connectivity index (χ1) is 11.6. The van der Waals surface area contributed by atoms with Crippen molar-refractivity contribution in [2.75, 3.05) is 14.1 Å². The van der Waals surface area contributed by atoms with Crippen molar-refractivity contribution in [3.05, 3.63) is 69.5 Å². The molecule has 3 nitrogen and oxygen atoms in total. The number of benzene rings is 2. The summed E-state index contributed by atoms with van der Waals surface area (Å²) in [6.45, 7) is 4.05. The number of halogens is 3. The van der Waals surface area contributed by atoms with E-state index in [0.717, 1.165) is 11.6 Å². The molecule has 0 heterocycles. The van der Waals surface area contributed by atoms with E-state index in [1.54, 1.807) is 0 Å². The monoisotopic (exact) mass is 382 g/mol. The lowest BCUT2D eigenvalue weighted by Crippen LogP contribution is -2.50. The minimum Gasteiger partial charge on any atom is -0.343 e. The first-order valence-corrected chi connectivity index (χ1v) is 8.58. The van der Waals surface area contributed by atoms with Crippen molar-refractivity contribution < 1.29 is 9.18 Å². The van der Waals surface area contributed by atoms with Crippen LogP contribution in [0.4, 0.5) is 4.39 Å². The van der Waals surface area contributed by atoms with E-state index >= 15 is 0 Å². The summed E-state index contributed by atoms with van der Waals surface area (Å²) < 4.78 is 13.8. The van der Waals surface area contributed by atoms with Gasteiger partial charge in [-0.05, 0) is 45.6 Å². The highest BCUT2D eigenvalue weighted by Crippen LogP contribution is 2.31. The predicted molar refractivity (Wildman–Crippen MR) is 101 cm³/mol. The lowest BCUT2D eigenvalue weighted by molar-refractivity contribution is 0.0840. The van der Waals surface area contributed by atoms with Crippen molar-refractivity contribution in [3.8, 4) is 0 Å². The Bertz CT molecular complexity index is 764. The largest absolute Gasteiger partial charge is 0.343 e. The molecule has 0 aliphatic heterocycles. The second-order valence-corrected chi connectivity index (χ2v) is 7.43. The van der Waals surface area contributed by atoms with E-state index in [4.69, 9.17) is 23.2 Å². The highest BCUT2D eigenvalue weighted by Gasteiger charge is 2.34. The van der Waals surface area contributed by atoms with Crippen LogP contribution in [0.25, 0.3) is 0 Å². The minimum atomic E-state index is -0.681. The first-order valence-electron chi connectivity index (χ1n) is 7.82. The molecule has 0 saturated carbocycles. The molecule has 0 aliphatic rings. The summed E-state index contributed by atoms with van der Waals surface area (Å²) in [4.78, 5) is 14.8. The van der Waals surface area contributed by atoms with Crippen LogP contribution in [0.2, 0.25) is 10.0 Å². The zero-order valence-electron chi connectivity index (χ0n) is 14.6. The molecule has 0 saturated heterocycles. The van der Waals surface area contributed by atoms with Gasteiger partial charge in [0.1, 0.15) is 5.82 Å². The maximum atomic E-state index is 13.8. The number of carbonyl (C=O) groups is 1. The molecule has 1 amide bonds. The van der Waals surface area contributed by atoms with Crippen LogP contribution >= 0.6 is 23.2 Å². The molecule has 0 aliphatic carbocycles. The average Bonchev–Trinajstić information content (AvgIpc) is 2.56. The quantitative estimate of drug-likeness (QED) is 0.742. The van der Waals surface area contributed by atoms with Crippen LogP contribution < -0.4 is 5.32 Å². The Morgan fingerprint density at radius 1 is 1.12 bits per heavy atom. The lowest BCUT2D eigenvalue weighted by atomic mass is 9.87. The number of nitrogens with zero attached hydrogens (tertiary/aromatic N) is 1. The second-order valence-electron chi connectivity index (χ2n) is 6.61. The fourth-order valence-corrected chi connectivity index (χ4v) is 2.95. The molecular weight excluding hydrogens is 362 g/mol. The van der Waals surface area contributed by atoms with Crippen LogP contribution in [0, 0.1) is 5.82 Å². The fourth-order valence-electron chi connectivity index (χ4n) is 2.48. The minimum absolute atomic E-state index is 0.0547. The average molecular weight is 383 g/mol. The van der Waals surface area contributed by atoms with Crippen LogP contribution in [0.5, 0.6) is 0 Å². The van der Waals surface area contributed by atoms with Crippen LogP contribution in [0.15, 0.2) is 42.5 Å². The van der Waals surface area contributed by atoms with Gasteiger partial charge in [0.2, 0.25) is 0 Å².